The number of hydrogen-bond donors (Lipinski definition) is 1. The summed E-state index contributed by atoms with van der Waals surface area (Å²) in [5.41, 5.74) is 1.00. The fourth-order valence-corrected chi connectivity index (χ4v) is 1.77. The average molecular weight is 280 g/mol. The van der Waals surface area contributed by atoms with E-state index in [2.05, 4.69) is 5.32 Å². The third-order valence-corrected chi connectivity index (χ3v) is 2.95. The minimum atomic E-state index is 0.0634. The standard InChI is InChI=1S/C15H24N2O3/c1-11(2)16-9-15(18)17(3)10-12-6-7-13(19-4)14(8-12)20-5/h6-8,11,16H,9-10H2,1-5H3. The lowest BCUT2D eigenvalue weighted by Crippen LogP contribution is -2.37. The van der Waals surface area contributed by atoms with Gasteiger partial charge in [0.15, 0.2) is 11.5 Å². The van der Waals surface area contributed by atoms with Crippen LogP contribution in [0.5, 0.6) is 11.5 Å². The first-order chi connectivity index (χ1) is 9.47. The van der Waals surface area contributed by atoms with Crippen LogP contribution in [-0.4, -0.2) is 44.7 Å². The number of ether oxygens (including phenoxy) is 2. The van der Waals surface area contributed by atoms with Gasteiger partial charge in [0.1, 0.15) is 0 Å². The van der Waals surface area contributed by atoms with Gasteiger partial charge < -0.3 is 19.7 Å². The highest BCUT2D eigenvalue weighted by atomic mass is 16.5. The largest absolute Gasteiger partial charge is 0.493 e. The third kappa shape index (κ3) is 4.74. The van der Waals surface area contributed by atoms with Gasteiger partial charge >= 0.3 is 0 Å². The summed E-state index contributed by atoms with van der Waals surface area (Å²) < 4.78 is 10.5. The molecule has 0 fully saturated rings. The van der Waals surface area contributed by atoms with Gasteiger partial charge in [-0.05, 0) is 17.7 Å². The van der Waals surface area contributed by atoms with E-state index in [4.69, 9.17) is 9.47 Å². The van der Waals surface area contributed by atoms with Gasteiger partial charge in [-0.1, -0.05) is 19.9 Å². The first-order valence-corrected chi connectivity index (χ1v) is 6.66. The minimum absolute atomic E-state index is 0.0634. The lowest BCUT2D eigenvalue weighted by atomic mass is 10.2. The predicted octanol–water partition coefficient (Wildman–Crippen LogP) is 1.66. The molecule has 112 valence electrons. The van der Waals surface area contributed by atoms with E-state index in [1.165, 1.54) is 0 Å². The second-order valence-corrected chi connectivity index (χ2v) is 4.97. The molecular formula is C15H24N2O3. The normalized spacial score (nSPS) is 10.5. The van der Waals surface area contributed by atoms with E-state index in [0.717, 1.165) is 5.56 Å². The van der Waals surface area contributed by atoms with Gasteiger partial charge in [-0.25, -0.2) is 0 Å². The smallest absolute Gasteiger partial charge is 0.236 e. The number of methoxy groups -OCH3 is 2. The zero-order chi connectivity index (χ0) is 15.1. The van der Waals surface area contributed by atoms with Crippen molar-refractivity contribution >= 4 is 5.91 Å². The quantitative estimate of drug-likeness (QED) is 0.825. The maximum absolute atomic E-state index is 11.9. The Morgan fingerprint density at radius 2 is 1.90 bits per heavy atom. The van der Waals surface area contributed by atoms with Crippen LogP contribution in [0.2, 0.25) is 0 Å². The topological polar surface area (TPSA) is 50.8 Å². The molecule has 0 saturated carbocycles. The average Bonchev–Trinajstić information content (AvgIpc) is 2.44. The Morgan fingerprint density at radius 1 is 1.25 bits per heavy atom. The number of carbonyl (C=O) groups excluding carboxylic acids is 1. The van der Waals surface area contributed by atoms with Crippen LogP contribution in [0.4, 0.5) is 0 Å². The van der Waals surface area contributed by atoms with Gasteiger partial charge in [0.2, 0.25) is 5.91 Å². The molecule has 0 aliphatic heterocycles. The van der Waals surface area contributed by atoms with Crippen LogP contribution in [0.1, 0.15) is 19.4 Å². The molecular weight excluding hydrogens is 256 g/mol. The highest BCUT2D eigenvalue weighted by molar-refractivity contribution is 5.78. The molecule has 1 aromatic carbocycles. The SMILES string of the molecule is COc1ccc(CN(C)C(=O)CNC(C)C)cc1OC. The number of carbonyl (C=O) groups is 1. The molecule has 0 spiro atoms. The number of likely N-dealkylation sites (N-methyl/N-ethyl adjacent to an activating group) is 1. The Hall–Kier alpha value is -1.75. The zero-order valence-electron chi connectivity index (χ0n) is 12.9. The molecule has 0 saturated heterocycles. The van der Waals surface area contributed by atoms with Crippen molar-refractivity contribution in [3.05, 3.63) is 23.8 Å². The molecule has 0 atom stereocenters. The molecule has 5 heteroatoms. The summed E-state index contributed by atoms with van der Waals surface area (Å²) in [6.45, 7) is 4.92. The fourth-order valence-electron chi connectivity index (χ4n) is 1.77. The summed E-state index contributed by atoms with van der Waals surface area (Å²) in [6.07, 6.45) is 0. The van der Waals surface area contributed by atoms with Gasteiger partial charge in [-0.3, -0.25) is 4.79 Å². The van der Waals surface area contributed by atoms with E-state index in [0.29, 0.717) is 30.6 Å². The van der Waals surface area contributed by atoms with Gasteiger partial charge in [-0.15, -0.1) is 0 Å². The molecule has 1 amide bonds. The lowest BCUT2D eigenvalue weighted by Gasteiger charge is -2.19. The Morgan fingerprint density at radius 3 is 2.45 bits per heavy atom. The summed E-state index contributed by atoms with van der Waals surface area (Å²) in [7, 11) is 4.99. The van der Waals surface area contributed by atoms with Crippen LogP contribution in [-0.2, 0) is 11.3 Å². The van der Waals surface area contributed by atoms with Crippen molar-refractivity contribution in [2.45, 2.75) is 26.4 Å². The molecule has 20 heavy (non-hydrogen) atoms. The molecule has 0 bridgehead atoms. The molecule has 1 aromatic rings. The fraction of sp³-hybridized carbons (Fsp3) is 0.533. The first-order valence-electron chi connectivity index (χ1n) is 6.66. The Balaban J connectivity index is 2.65. The van der Waals surface area contributed by atoms with Crippen LogP contribution in [0.3, 0.4) is 0 Å². The van der Waals surface area contributed by atoms with E-state index in [-0.39, 0.29) is 5.91 Å². The van der Waals surface area contributed by atoms with Crippen LogP contribution in [0, 0.1) is 0 Å². The van der Waals surface area contributed by atoms with Crippen LogP contribution in [0.25, 0.3) is 0 Å². The van der Waals surface area contributed by atoms with Crippen molar-refractivity contribution in [3.8, 4) is 11.5 Å². The van der Waals surface area contributed by atoms with Crippen LogP contribution < -0.4 is 14.8 Å². The van der Waals surface area contributed by atoms with Crippen LogP contribution in [0.15, 0.2) is 18.2 Å². The number of rotatable bonds is 7. The lowest BCUT2D eigenvalue weighted by molar-refractivity contribution is -0.129. The van der Waals surface area contributed by atoms with Crippen molar-refractivity contribution in [2.75, 3.05) is 27.8 Å². The third-order valence-electron chi connectivity index (χ3n) is 2.95. The van der Waals surface area contributed by atoms with Gasteiger partial charge in [-0.2, -0.15) is 0 Å². The summed E-state index contributed by atoms with van der Waals surface area (Å²) in [6, 6.07) is 5.96. The Kier molecular flexibility index (Phi) is 6.31. The van der Waals surface area contributed by atoms with Gasteiger partial charge in [0.25, 0.3) is 0 Å². The number of nitrogens with one attached hydrogen (secondary N) is 1. The Bertz CT molecular complexity index is 447. The van der Waals surface area contributed by atoms with E-state index in [1.54, 1.807) is 26.2 Å². The molecule has 1 rings (SSSR count). The van der Waals surface area contributed by atoms with Crippen LogP contribution >= 0.6 is 0 Å². The van der Waals surface area contributed by atoms with Gasteiger partial charge in [0, 0.05) is 19.6 Å². The van der Waals surface area contributed by atoms with E-state index in [1.807, 2.05) is 32.0 Å². The van der Waals surface area contributed by atoms with E-state index in [9.17, 15) is 4.79 Å². The number of hydrogen-bond acceptors (Lipinski definition) is 4. The monoisotopic (exact) mass is 280 g/mol. The number of benzene rings is 1. The summed E-state index contributed by atoms with van der Waals surface area (Å²) in [5, 5.41) is 3.12. The highest BCUT2D eigenvalue weighted by Gasteiger charge is 2.11. The van der Waals surface area contributed by atoms with E-state index >= 15 is 0 Å². The first kappa shape index (κ1) is 16.3. The molecule has 0 unspecified atom stereocenters. The molecule has 0 heterocycles. The van der Waals surface area contributed by atoms with E-state index < -0.39 is 0 Å². The van der Waals surface area contributed by atoms with Crippen molar-refractivity contribution in [1.29, 1.82) is 0 Å². The molecule has 0 aromatic heterocycles. The summed E-state index contributed by atoms with van der Waals surface area (Å²) in [4.78, 5) is 13.6. The van der Waals surface area contributed by atoms with Gasteiger partial charge in [0.05, 0.1) is 20.8 Å². The molecule has 5 nitrogen and oxygen atoms in total. The number of nitrogens with zero attached hydrogens (tertiary/aromatic N) is 1. The van der Waals surface area contributed by atoms with Crippen molar-refractivity contribution in [1.82, 2.24) is 10.2 Å². The maximum Gasteiger partial charge on any atom is 0.236 e. The maximum atomic E-state index is 11.9. The highest BCUT2D eigenvalue weighted by Crippen LogP contribution is 2.27. The molecule has 0 radical (unpaired) electrons. The summed E-state index contributed by atoms with van der Waals surface area (Å²) in [5.74, 6) is 1.42. The molecule has 1 N–H and O–H groups in total. The van der Waals surface area contributed by atoms with Crippen molar-refractivity contribution in [2.24, 2.45) is 0 Å². The number of amides is 1. The zero-order valence-corrected chi connectivity index (χ0v) is 12.9. The van der Waals surface area contributed by atoms with Crippen molar-refractivity contribution < 1.29 is 14.3 Å². The second kappa shape index (κ2) is 7.75. The summed E-state index contributed by atoms with van der Waals surface area (Å²) >= 11 is 0. The Labute approximate surface area is 120 Å². The molecule has 0 aliphatic rings. The predicted molar refractivity (Wildman–Crippen MR) is 79.2 cm³/mol. The second-order valence-electron chi connectivity index (χ2n) is 4.97. The van der Waals surface area contributed by atoms with Crippen molar-refractivity contribution in [3.63, 3.8) is 0 Å². The minimum Gasteiger partial charge on any atom is -0.493 e. The molecule has 0 aliphatic carbocycles.